The maximum Gasteiger partial charge on any atom is 0.293 e. The normalized spacial score (nSPS) is 10.8. The summed E-state index contributed by atoms with van der Waals surface area (Å²) in [5.74, 6) is 0.772. The minimum absolute atomic E-state index is 0.0828. The Morgan fingerprint density at radius 2 is 2.25 bits per heavy atom. The molecule has 0 saturated carbocycles. The highest BCUT2D eigenvalue weighted by atomic mass is 16.3. The van der Waals surface area contributed by atoms with Gasteiger partial charge in [0.1, 0.15) is 5.76 Å². The summed E-state index contributed by atoms with van der Waals surface area (Å²) in [4.78, 5) is 11.4. The topological polar surface area (TPSA) is 35.1 Å². The van der Waals surface area contributed by atoms with E-state index in [2.05, 4.69) is 0 Å². The van der Waals surface area contributed by atoms with Crippen molar-refractivity contribution < 1.29 is 4.42 Å². The lowest BCUT2D eigenvalue weighted by Gasteiger charge is -1.93. The van der Waals surface area contributed by atoms with Crippen LogP contribution in [-0.2, 0) is 7.05 Å². The summed E-state index contributed by atoms with van der Waals surface area (Å²) in [5, 5.41) is 0.871. The Balaban J connectivity index is 2.99. The van der Waals surface area contributed by atoms with E-state index in [1.807, 2.05) is 19.1 Å². The standard InChI is InChI=1S/C9H9NO2/c1-6-5-7-3-4-10(2)9(11)8(7)12-6/h3-5H,1-2H3. The second kappa shape index (κ2) is 2.24. The third-order valence-electron chi connectivity index (χ3n) is 1.88. The van der Waals surface area contributed by atoms with Gasteiger partial charge in [0.05, 0.1) is 0 Å². The number of rotatable bonds is 0. The molecule has 62 valence electrons. The van der Waals surface area contributed by atoms with Crippen LogP contribution < -0.4 is 5.56 Å². The lowest BCUT2D eigenvalue weighted by molar-refractivity contribution is 0.570. The highest BCUT2D eigenvalue weighted by Crippen LogP contribution is 2.13. The van der Waals surface area contributed by atoms with Gasteiger partial charge in [-0.2, -0.15) is 0 Å². The molecule has 0 aromatic carbocycles. The zero-order chi connectivity index (χ0) is 8.72. The fourth-order valence-electron chi connectivity index (χ4n) is 1.24. The molecule has 0 aliphatic heterocycles. The maximum absolute atomic E-state index is 11.4. The van der Waals surface area contributed by atoms with Crippen LogP contribution in [0.15, 0.2) is 27.5 Å². The highest BCUT2D eigenvalue weighted by molar-refractivity contribution is 5.76. The van der Waals surface area contributed by atoms with Crippen molar-refractivity contribution in [3.05, 3.63) is 34.4 Å². The van der Waals surface area contributed by atoms with Crippen LogP contribution in [0.1, 0.15) is 5.76 Å². The number of nitrogens with zero attached hydrogens (tertiary/aromatic N) is 1. The van der Waals surface area contributed by atoms with Gasteiger partial charge in [-0.1, -0.05) is 0 Å². The summed E-state index contributed by atoms with van der Waals surface area (Å²) in [5.41, 5.74) is 0.359. The number of hydrogen-bond acceptors (Lipinski definition) is 2. The van der Waals surface area contributed by atoms with Gasteiger partial charge in [0.25, 0.3) is 5.56 Å². The van der Waals surface area contributed by atoms with Gasteiger partial charge in [-0.05, 0) is 19.1 Å². The molecule has 3 heteroatoms. The van der Waals surface area contributed by atoms with Crippen molar-refractivity contribution in [1.29, 1.82) is 0 Å². The monoisotopic (exact) mass is 163 g/mol. The number of furan rings is 1. The van der Waals surface area contributed by atoms with Crippen molar-refractivity contribution in [2.45, 2.75) is 6.92 Å². The number of aromatic nitrogens is 1. The lowest BCUT2D eigenvalue weighted by Crippen LogP contribution is -2.14. The minimum atomic E-state index is -0.0828. The molecule has 0 aliphatic rings. The number of aryl methyl sites for hydroxylation is 2. The summed E-state index contributed by atoms with van der Waals surface area (Å²) < 4.78 is 6.75. The summed E-state index contributed by atoms with van der Waals surface area (Å²) in [7, 11) is 1.71. The summed E-state index contributed by atoms with van der Waals surface area (Å²) in [6.07, 6.45) is 1.74. The molecule has 2 aromatic heterocycles. The molecule has 0 bridgehead atoms. The molecule has 2 rings (SSSR count). The van der Waals surface area contributed by atoms with Gasteiger partial charge in [0.2, 0.25) is 0 Å². The smallest absolute Gasteiger partial charge is 0.293 e. The van der Waals surface area contributed by atoms with Crippen LogP contribution >= 0.6 is 0 Å². The number of hydrogen-bond donors (Lipinski definition) is 0. The predicted octanol–water partition coefficient (Wildman–Crippen LogP) is 1.44. The van der Waals surface area contributed by atoms with Crippen molar-refractivity contribution in [3.8, 4) is 0 Å². The Hall–Kier alpha value is -1.51. The van der Waals surface area contributed by atoms with E-state index >= 15 is 0 Å². The Labute approximate surface area is 69.2 Å². The molecule has 3 nitrogen and oxygen atoms in total. The van der Waals surface area contributed by atoms with E-state index in [-0.39, 0.29) is 5.56 Å². The van der Waals surface area contributed by atoms with Gasteiger partial charge in [-0.3, -0.25) is 4.79 Å². The van der Waals surface area contributed by atoms with Crippen LogP contribution in [-0.4, -0.2) is 4.57 Å². The average Bonchev–Trinajstić information content (AvgIpc) is 2.39. The zero-order valence-electron chi connectivity index (χ0n) is 7.00. The van der Waals surface area contributed by atoms with Crippen molar-refractivity contribution in [2.75, 3.05) is 0 Å². The van der Waals surface area contributed by atoms with Crippen LogP contribution in [0.4, 0.5) is 0 Å². The molecular weight excluding hydrogens is 154 g/mol. The van der Waals surface area contributed by atoms with Gasteiger partial charge >= 0.3 is 0 Å². The first-order valence-corrected chi connectivity index (χ1v) is 3.74. The van der Waals surface area contributed by atoms with E-state index in [0.29, 0.717) is 5.58 Å². The van der Waals surface area contributed by atoms with E-state index in [1.54, 1.807) is 13.2 Å². The molecule has 12 heavy (non-hydrogen) atoms. The third-order valence-corrected chi connectivity index (χ3v) is 1.88. The summed E-state index contributed by atoms with van der Waals surface area (Å²) >= 11 is 0. The zero-order valence-corrected chi connectivity index (χ0v) is 7.00. The molecule has 0 aliphatic carbocycles. The van der Waals surface area contributed by atoms with Crippen LogP contribution in [0.25, 0.3) is 11.0 Å². The van der Waals surface area contributed by atoms with Gasteiger partial charge in [-0.15, -0.1) is 0 Å². The first-order chi connectivity index (χ1) is 5.68. The van der Waals surface area contributed by atoms with Crippen molar-refractivity contribution in [1.82, 2.24) is 4.57 Å². The van der Waals surface area contributed by atoms with E-state index in [1.165, 1.54) is 4.57 Å². The quantitative estimate of drug-likeness (QED) is 0.589. The van der Waals surface area contributed by atoms with Gasteiger partial charge in [-0.25, -0.2) is 0 Å². The molecule has 0 radical (unpaired) electrons. The number of fused-ring (bicyclic) bond motifs is 1. The molecule has 2 heterocycles. The summed E-state index contributed by atoms with van der Waals surface area (Å²) in [6, 6.07) is 3.73. The SMILES string of the molecule is Cc1cc2ccn(C)c(=O)c2o1. The van der Waals surface area contributed by atoms with Crippen LogP contribution in [0, 0.1) is 6.92 Å². The molecule has 0 spiro atoms. The van der Waals surface area contributed by atoms with Crippen LogP contribution in [0.5, 0.6) is 0 Å². The Kier molecular flexibility index (Phi) is 1.33. The Morgan fingerprint density at radius 3 is 3.00 bits per heavy atom. The molecule has 0 saturated heterocycles. The molecule has 2 aromatic rings. The molecule has 0 atom stereocenters. The molecule has 0 fully saturated rings. The highest BCUT2D eigenvalue weighted by Gasteiger charge is 2.04. The fourth-order valence-corrected chi connectivity index (χ4v) is 1.24. The summed E-state index contributed by atoms with van der Waals surface area (Å²) in [6.45, 7) is 1.83. The van der Waals surface area contributed by atoms with Gasteiger partial charge in [0, 0.05) is 18.6 Å². The third kappa shape index (κ3) is 0.863. The number of pyridine rings is 1. The fraction of sp³-hybridized carbons (Fsp3) is 0.222. The first-order valence-electron chi connectivity index (χ1n) is 3.74. The second-order valence-electron chi connectivity index (χ2n) is 2.87. The lowest BCUT2D eigenvalue weighted by atomic mass is 10.3. The van der Waals surface area contributed by atoms with Crippen molar-refractivity contribution in [3.63, 3.8) is 0 Å². The van der Waals surface area contributed by atoms with E-state index < -0.39 is 0 Å². The van der Waals surface area contributed by atoms with Crippen LogP contribution in [0.3, 0.4) is 0 Å². The second-order valence-corrected chi connectivity index (χ2v) is 2.87. The minimum Gasteiger partial charge on any atom is -0.456 e. The van der Waals surface area contributed by atoms with E-state index in [0.717, 1.165) is 11.1 Å². The maximum atomic E-state index is 11.4. The van der Waals surface area contributed by atoms with E-state index in [4.69, 9.17) is 4.42 Å². The largest absolute Gasteiger partial charge is 0.456 e. The Morgan fingerprint density at radius 1 is 1.50 bits per heavy atom. The van der Waals surface area contributed by atoms with Crippen molar-refractivity contribution >= 4 is 11.0 Å². The van der Waals surface area contributed by atoms with Crippen LogP contribution in [0.2, 0.25) is 0 Å². The molecule has 0 amide bonds. The molecular formula is C9H9NO2. The van der Waals surface area contributed by atoms with E-state index in [9.17, 15) is 4.79 Å². The predicted molar refractivity (Wildman–Crippen MR) is 46.2 cm³/mol. The van der Waals surface area contributed by atoms with Gasteiger partial charge < -0.3 is 8.98 Å². The Bertz CT molecular complexity index is 479. The molecule has 0 unspecified atom stereocenters. The molecule has 0 N–H and O–H groups in total. The van der Waals surface area contributed by atoms with Crippen molar-refractivity contribution in [2.24, 2.45) is 7.05 Å². The van der Waals surface area contributed by atoms with Gasteiger partial charge in [0.15, 0.2) is 5.58 Å². The first kappa shape index (κ1) is 7.16. The average molecular weight is 163 g/mol.